The predicted octanol–water partition coefficient (Wildman–Crippen LogP) is 3.63. The van der Waals surface area contributed by atoms with Gasteiger partial charge in [-0.25, -0.2) is 0 Å². The van der Waals surface area contributed by atoms with Crippen molar-refractivity contribution >= 4 is 23.0 Å². The van der Waals surface area contributed by atoms with Crippen molar-refractivity contribution in [2.75, 3.05) is 17.6 Å². The molecule has 0 bridgehead atoms. The molecular weight excluding hydrogens is 208 g/mol. The van der Waals surface area contributed by atoms with Gasteiger partial charge in [0.1, 0.15) is 0 Å². The summed E-state index contributed by atoms with van der Waals surface area (Å²) in [5.74, 6) is 1.25. The fourth-order valence-corrected chi connectivity index (χ4v) is 1.47. The Balaban J connectivity index is 2.65. The van der Waals surface area contributed by atoms with Gasteiger partial charge in [-0.15, -0.1) is 0 Å². The Morgan fingerprint density at radius 2 is 2.00 bits per heavy atom. The Hall–Kier alpha value is -0.890. The van der Waals surface area contributed by atoms with Crippen LogP contribution in [0.25, 0.3) is 0 Å². The Morgan fingerprint density at radius 1 is 1.33 bits per heavy atom. The van der Waals surface area contributed by atoms with Crippen LogP contribution in [0.5, 0.6) is 0 Å². The number of anilines is 2. The summed E-state index contributed by atoms with van der Waals surface area (Å²) in [6.07, 6.45) is 0. The molecule has 0 aliphatic heterocycles. The molecule has 0 aromatic heterocycles. The minimum absolute atomic E-state index is 0.598. The van der Waals surface area contributed by atoms with Crippen molar-refractivity contribution in [1.29, 1.82) is 0 Å². The van der Waals surface area contributed by atoms with E-state index >= 15 is 0 Å². The highest BCUT2D eigenvalue weighted by molar-refractivity contribution is 6.33. The van der Waals surface area contributed by atoms with Gasteiger partial charge in [-0.2, -0.15) is 0 Å². The van der Waals surface area contributed by atoms with E-state index < -0.39 is 0 Å². The van der Waals surface area contributed by atoms with Crippen molar-refractivity contribution in [2.45, 2.75) is 20.8 Å². The second kappa shape index (κ2) is 5.26. The smallest absolute Gasteiger partial charge is 0.0763 e. The number of nitrogens with one attached hydrogen (secondary N) is 1. The molecule has 84 valence electrons. The van der Waals surface area contributed by atoms with Crippen LogP contribution in [0.2, 0.25) is 5.02 Å². The molecule has 1 unspecified atom stereocenters. The Labute approximate surface area is 96.8 Å². The molecule has 3 heteroatoms. The highest BCUT2D eigenvalue weighted by Crippen LogP contribution is 2.28. The molecule has 0 saturated carbocycles. The van der Waals surface area contributed by atoms with Gasteiger partial charge in [0.15, 0.2) is 0 Å². The number of para-hydroxylation sites is 1. The zero-order chi connectivity index (χ0) is 11.4. The molecule has 1 aromatic rings. The number of halogens is 1. The van der Waals surface area contributed by atoms with Crippen molar-refractivity contribution in [1.82, 2.24) is 0 Å². The van der Waals surface area contributed by atoms with Gasteiger partial charge in [0, 0.05) is 6.54 Å². The molecule has 0 aliphatic carbocycles. The SMILES string of the molecule is CC(C)C(C)CNc1c(N)cccc1Cl. The van der Waals surface area contributed by atoms with Gasteiger partial charge >= 0.3 is 0 Å². The van der Waals surface area contributed by atoms with E-state index in [1.54, 1.807) is 0 Å². The van der Waals surface area contributed by atoms with E-state index in [0.717, 1.165) is 12.2 Å². The average Bonchev–Trinajstić information content (AvgIpc) is 2.16. The Bertz CT molecular complexity index is 303. The Kier molecular flexibility index (Phi) is 4.28. The van der Waals surface area contributed by atoms with Crippen LogP contribution in [0.1, 0.15) is 20.8 Å². The van der Waals surface area contributed by atoms with Crippen LogP contribution in [0.3, 0.4) is 0 Å². The number of hydrogen-bond donors (Lipinski definition) is 2. The van der Waals surface area contributed by atoms with Crippen molar-refractivity contribution in [3.8, 4) is 0 Å². The lowest BCUT2D eigenvalue weighted by molar-refractivity contribution is 0.440. The van der Waals surface area contributed by atoms with Gasteiger partial charge in [-0.3, -0.25) is 0 Å². The predicted molar refractivity (Wildman–Crippen MR) is 68.4 cm³/mol. The number of hydrogen-bond acceptors (Lipinski definition) is 2. The summed E-state index contributed by atoms with van der Waals surface area (Å²) < 4.78 is 0. The van der Waals surface area contributed by atoms with Crippen LogP contribution < -0.4 is 11.1 Å². The zero-order valence-electron chi connectivity index (χ0n) is 9.55. The first-order valence-electron chi connectivity index (χ1n) is 5.30. The second-order valence-corrected chi connectivity index (χ2v) is 4.71. The van der Waals surface area contributed by atoms with Crippen molar-refractivity contribution < 1.29 is 0 Å². The third kappa shape index (κ3) is 3.31. The first-order valence-corrected chi connectivity index (χ1v) is 5.68. The maximum atomic E-state index is 6.05. The topological polar surface area (TPSA) is 38.0 Å². The summed E-state index contributed by atoms with van der Waals surface area (Å²) in [5.41, 5.74) is 7.40. The van der Waals surface area contributed by atoms with Crippen LogP contribution in [-0.4, -0.2) is 6.54 Å². The van der Waals surface area contributed by atoms with Gasteiger partial charge in [-0.05, 0) is 24.0 Å². The Morgan fingerprint density at radius 3 is 2.53 bits per heavy atom. The minimum Gasteiger partial charge on any atom is -0.397 e. The molecule has 1 atom stereocenters. The molecule has 0 radical (unpaired) electrons. The van der Waals surface area contributed by atoms with E-state index in [4.69, 9.17) is 17.3 Å². The second-order valence-electron chi connectivity index (χ2n) is 4.31. The van der Waals surface area contributed by atoms with E-state index in [-0.39, 0.29) is 0 Å². The molecule has 2 nitrogen and oxygen atoms in total. The molecule has 15 heavy (non-hydrogen) atoms. The van der Waals surface area contributed by atoms with Crippen LogP contribution in [0.15, 0.2) is 18.2 Å². The largest absolute Gasteiger partial charge is 0.397 e. The average molecular weight is 227 g/mol. The summed E-state index contributed by atoms with van der Waals surface area (Å²) in [7, 11) is 0. The minimum atomic E-state index is 0.598. The van der Waals surface area contributed by atoms with Gasteiger partial charge in [0.05, 0.1) is 16.4 Å². The molecule has 3 N–H and O–H groups in total. The summed E-state index contributed by atoms with van der Waals surface area (Å²) >= 11 is 6.05. The van der Waals surface area contributed by atoms with E-state index in [1.807, 2.05) is 18.2 Å². The molecular formula is C12H19ClN2. The number of rotatable bonds is 4. The van der Waals surface area contributed by atoms with E-state index in [0.29, 0.717) is 22.5 Å². The fraction of sp³-hybridized carbons (Fsp3) is 0.500. The van der Waals surface area contributed by atoms with Crippen LogP contribution in [0, 0.1) is 11.8 Å². The number of benzene rings is 1. The lowest BCUT2D eigenvalue weighted by atomic mass is 9.98. The fourth-order valence-electron chi connectivity index (χ4n) is 1.23. The highest BCUT2D eigenvalue weighted by atomic mass is 35.5. The van der Waals surface area contributed by atoms with E-state index in [1.165, 1.54) is 0 Å². The molecule has 0 heterocycles. The normalized spacial score (nSPS) is 12.9. The van der Waals surface area contributed by atoms with Gasteiger partial charge in [0.25, 0.3) is 0 Å². The lowest BCUT2D eigenvalue weighted by Gasteiger charge is -2.18. The summed E-state index contributed by atoms with van der Waals surface area (Å²) in [4.78, 5) is 0. The molecule has 0 aliphatic rings. The third-order valence-corrected chi connectivity index (χ3v) is 3.10. The monoisotopic (exact) mass is 226 g/mol. The quantitative estimate of drug-likeness (QED) is 0.770. The zero-order valence-corrected chi connectivity index (χ0v) is 10.3. The van der Waals surface area contributed by atoms with E-state index in [9.17, 15) is 0 Å². The summed E-state index contributed by atoms with van der Waals surface area (Å²) in [6.45, 7) is 7.53. The molecule has 0 fully saturated rings. The standard InChI is InChI=1S/C12H19ClN2/c1-8(2)9(3)7-15-12-10(13)5-4-6-11(12)14/h4-6,8-9,15H,7,14H2,1-3H3. The highest BCUT2D eigenvalue weighted by Gasteiger charge is 2.09. The maximum absolute atomic E-state index is 6.05. The lowest BCUT2D eigenvalue weighted by Crippen LogP contribution is -2.17. The van der Waals surface area contributed by atoms with Crippen molar-refractivity contribution in [2.24, 2.45) is 11.8 Å². The first-order chi connectivity index (χ1) is 7.02. The number of nitrogens with two attached hydrogens (primary N) is 1. The maximum Gasteiger partial charge on any atom is 0.0763 e. The molecule has 0 amide bonds. The summed E-state index contributed by atoms with van der Waals surface area (Å²) in [5, 5.41) is 3.99. The van der Waals surface area contributed by atoms with Crippen LogP contribution >= 0.6 is 11.6 Å². The van der Waals surface area contributed by atoms with Crippen molar-refractivity contribution in [3.05, 3.63) is 23.2 Å². The third-order valence-electron chi connectivity index (χ3n) is 2.78. The van der Waals surface area contributed by atoms with Crippen LogP contribution in [-0.2, 0) is 0 Å². The molecule has 0 spiro atoms. The molecule has 1 rings (SSSR count). The van der Waals surface area contributed by atoms with Gasteiger partial charge in [0.2, 0.25) is 0 Å². The van der Waals surface area contributed by atoms with Crippen molar-refractivity contribution in [3.63, 3.8) is 0 Å². The summed E-state index contributed by atoms with van der Waals surface area (Å²) in [6, 6.07) is 5.56. The molecule has 0 saturated heterocycles. The van der Waals surface area contributed by atoms with Gasteiger partial charge in [-0.1, -0.05) is 38.4 Å². The van der Waals surface area contributed by atoms with Gasteiger partial charge < -0.3 is 11.1 Å². The molecule has 1 aromatic carbocycles. The first kappa shape index (κ1) is 12.2. The van der Waals surface area contributed by atoms with Crippen LogP contribution in [0.4, 0.5) is 11.4 Å². The number of nitrogen functional groups attached to an aromatic ring is 1. The van der Waals surface area contributed by atoms with E-state index in [2.05, 4.69) is 26.1 Å².